The molecule has 0 amide bonds. The molecule has 6 nitrogen and oxygen atoms in total. The van der Waals surface area contributed by atoms with E-state index in [1.165, 1.54) is 12.1 Å². The molecule has 0 saturated heterocycles. The van der Waals surface area contributed by atoms with E-state index in [9.17, 15) is 18.9 Å². The molecule has 2 atom stereocenters. The number of aliphatic hydroxyl groups is 1. The number of rotatable bonds is 9. The van der Waals surface area contributed by atoms with E-state index in [-0.39, 0.29) is 25.2 Å². The van der Waals surface area contributed by atoms with Gasteiger partial charge in [0.05, 0.1) is 18.1 Å². The van der Waals surface area contributed by atoms with E-state index < -0.39 is 26.5 Å². The molecular formula is C22H24FO6P. The Morgan fingerprint density at radius 1 is 1.23 bits per heavy atom. The van der Waals surface area contributed by atoms with Gasteiger partial charge in [-0.1, -0.05) is 30.0 Å². The largest absolute Gasteiger partial charge is 0.488 e. The van der Waals surface area contributed by atoms with Crippen molar-refractivity contribution in [3.8, 4) is 17.6 Å². The zero-order valence-electron chi connectivity index (χ0n) is 16.8. The lowest BCUT2D eigenvalue weighted by molar-refractivity contribution is -0.138. The summed E-state index contributed by atoms with van der Waals surface area (Å²) in [5.41, 5.74) is 3.38. The summed E-state index contributed by atoms with van der Waals surface area (Å²) >= 11 is 0. The summed E-state index contributed by atoms with van der Waals surface area (Å²) in [5, 5.41) is 18.1. The summed E-state index contributed by atoms with van der Waals surface area (Å²) in [6.45, 7) is 3.96. The number of aliphatic carboxylic acids is 1. The maximum atomic E-state index is 13.0. The minimum absolute atomic E-state index is 0.123. The molecule has 0 aliphatic heterocycles. The molecule has 0 aliphatic rings. The Morgan fingerprint density at radius 2 is 1.93 bits per heavy atom. The van der Waals surface area contributed by atoms with Crippen molar-refractivity contribution in [1.82, 2.24) is 0 Å². The number of aryl methyl sites for hydroxylation is 2. The SMILES string of the molecule is Cc1cc(C)c(C#CCO[PH](=O)CC(O)CC(=O)O)c(OCc2ccc(F)cc2)c1. The molecule has 2 aromatic carbocycles. The Morgan fingerprint density at radius 3 is 2.60 bits per heavy atom. The Labute approximate surface area is 175 Å². The quantitative estimate of drug-likeness (QED) is 0.462. The zero-order chi connectivity index (χ0) is 22.1. The van der Waals surface area contributed by atoms with Gasteiger partial charge in [0.1, 0.15) is 24.8 Å². The monoisotopic (exact) mass is 434 g/mol. The second kappa shape index (κ2) is 11.5. The van der Waals surface area contributed by atoms with Crippen molar-refractivity contribution in [3.05, 3.63) is 64.5 Å². The lowest BCUT2D eigenvalue weighted by atomic mass is 10.0. The molecule has 0 aliphatic carbocycles. The van der Waals surface area contributed by atoms with Crippen molar-refractivity contribution in [2.45, 2.75) is 33.0 Å². The minimum Gasteiger partial charge on any atom is -0.488 e. The van der Waals surface area contributed by atoms with E-state index in [0.717, 1.165) is 16.7 Å². The van der Waals surface area contributed by atoms with Crippen LogP contribution in [0.1, 0.15) is 28.7 Å². The number of hydrogen-bond donors (Lipinski definition) is 2. The Bertz CT molecular complexity index is 962. The van der Waals surface area contributed by atoms with Gasteiger partial charge in [-0.3, -0.25) is 9.36 Å². The van der Waals surface area contributed by atoms with Crippen LogP contribution in [0.25, 0.3) is 0 Å². The predicted molar refractivity (Wildman–Crippen MR) is 112 cm³/mol. The van der Waals surface area contributed by atoms with E-state index >= 15 is 0 Å². The van der Waals surface area contributed by atoms with Gasteiger partial charge in [0.15, 0.2) is 8.03 Å². The van der Waals surface area contributed by atoms with Crippen LogP contribution in [0.15, 0.2) is 36.4 Å². The van der Waals surface area contributed by atoms with Crippen LogP contribution in [-0.4, -0.2) is 35.1 Å². The highest BCUT2D eigenvalue weighted by molar-refractivity contribution is 7.39. The van der Waals surface area contributed by atoms with E-state index in [0.29, 0.717) is 11.3 Å². The fraction of sp³-hybridized carbons (Fsp3) is 0.318. The zero-order valence-corrected chi connectivity index (χ0v) is 17.8. The van der Waals surface area contributed by atoms with Crippen molar-refractivity contribution >= 4 is 14.0 Å². The van der Waals surface area contributed by atoms with E-state index in [2.05, 4.69) is 11.8 Å². The average Bonchev–Trinajstić information content (AvgIpc) is 2.65. The van der Waals surface area contributed by atoms with Crippen LogP contribution >= 0.6 is 8.03 Å². The first-order valence-electron chi connectivity index (χ1n) is 9.27. The fourth-order valence-corrected chi connectivity index (χ4v) is 3.59. The molecular weight excluding hydrogens is 410 g/mol. The van der Waals surface area contributed by atoms with Gasteiger partial charge in [0, 0.05) is 6.16 Å². The van der Waals surface area contributed by atoms with Crippen LogP contribution in [0, 0.1) is 31.5 Å². The molecule has 0 heterocycles. The standard InChI is InChI=1S/C22H24FO6P/c1-15-10-16(2)20(4-3-9-29-30(27)14-19(24)12-22(25)26)21(11-15)28-13-17-5-7-18(23)8-6-17/h5-8,10-11,19,24,30H,9,12-14H2,1-2H3,(H,25,26). The molecule has 2 unspecified atom stereocenters. The number of ether oxygens (including phenoxy) is 1. The molecule has 2 N–H and O–H groups in total. The molecule has 0 radical (unpaired) electrons. The minimum atomic E-state index is -2.59. The highest BCUT2D eigenvalue weighted by Crippen LogP contribution is 2.26. The Kier molecular flexibility index (Phi) is 9.07. The lowest BCUT2D eigenvalue weighted by Crippen LogP contribution is -2.15. The summed E-state index contributed by atoms with van der Waals surface area (Å²) < 4.78 is 35.8. The Balaban J connectivity index is 2.00. The second-order valence-electron chi connectivity index (χ2n) is 6.79. The highest BCUT2D eigenvalue weighted by Gasteiger charge is 2.13. The third kappa shape index (κ3) is 8.00. The molecule has 0 saturated carbocycles. The van der Waals surface area contributed by atoms with Crippen LogP contribution in [-0.2, 0) is 20.5 Å². The normalized spacial score (nSPS) is 12.5. The number of carboxylic acids is 1. The van der Waals surface area contributed by atoms with Crippen LogP contribution in [0.4, 0.5) is 4.39 Å². The molecule has 0 spiro atoms. The van der Waals surface area contributed by atoms with Gasteiger partial charge in [-0.05, 0) is 48.7 Å². The molecule has 160 valence electrons. The molecule has 0 aromatic heterocycles. The van der Waals surface area contributed by atoms with Crippen LogP contribution < -0.4 is 4.74 Å². The molecule has 8 heteroatoms. The number of halogens is 1. The molecule has 0 bridgehead atoms. The summed E-state index contributed by atoms with van der Waals surface area (Å²) in [6.07, 6.45) is -1.93. The van der Waals surface area contributed by atoms with Gasteiger partial charge >= 0.3 is 5.97 Å². The first-order chi connectivity index (χ1) is 14.2. The third-order valence-corrected chi connectivity index (χ3v) is 5.35. The highest BCUT2D eigenvalue weighted by atomic mass is 31.1. The van der Waals surface area contributed by atoms with Crippen molar-refractivity contribution < 1.29 is 33.2 Å². The van der Waals surface area contributed by atoms with Crippen LogP contribution in [0.5, 0.6) is 5.75 Å². The smallest absolute Gasteiger partial charge is 0.305 e. The van der Waals surface area contributed by atoms with Gasteiger partial charge in [-0.25, -0.2) is 4.39 Å². The number of aliphatic hydroxyl groups excluding tert-OH is 1. The van der Waals surface area contributed by atoms with Crippen molar-refractivity contribution in [1.29, 1.82) is 0 Å². The van der Waals surface area contributed by atoms with Gasteiger partial charge < -0.3 is 19.5 Å². The maximum Gasteiger partial charge on any atom is 0.305 e. The number of benzene rings is 2. The van der Waals surface area contributed by atoms with Gasteiger partial charge in [0.2, 0.25) is 0 Å². The van der Waals surface area contributed by atoms with Gasteiger partial charge in [-0.15, -0.1) is 0 Å². The maximum absolute atomic E-state index is 13.0. The van der Waals surface area contributed by atoms with Crippen molar-refractivity contribution in [2.75, 3.05) is 12.8 Å². The molecule has 2 aromatic rings. The number of carbonyl (C=O) groups is 1. The summed E-state index contributed by atoms with van der Waals surface area (Å²) in [5.74, 6) is 4.83. The lowest BCUT2D eigenvalue weighted by Gasteiger charge is -2.12. The van der Waals surface area contributed by atoms with E-state index in [4.69, 9.17) is 14.4 Å². The van der Waals surface area contributed by atoms with E-state index in [1.807, 2.05) is 26.0 Å². The molecule has 2 rings (SSSR count). The van der Waals surface area contributed by atoms with Gasteiger partial charge in [0.25, 0.3) is 0 Å². The van der Waals surface area contributed by atoms with Crippen molar-refractivity contribution in [2.24, 2.45) is 0 Å². The van der Waals surface area contributed by atoms with Crippen LogP contribution in [0.2, 0.25) is 0 Å². The first kappa shape index (κ1) is 23.6. The van der Waals surface area contributed by atoms with Gasteiger partial charge in [-0.2, -0.15) is 0 Å². The molecule has 0 fully saturated rings. The third-order valence-electron chi connectivity index (χ3n) is 4.08. The van der Waals surface area contributed by atoms with E-state index in [1.54, 1.807) is 12.1 Å². The molecule has 30 heavy (non-hydrogen) atoms. The topological polar surface area (TPSA) is 93.1 Å². The Hall–Kier alpha value is -2.65. The fourth-order valence-electron chi connectivity index (χ4n) is 2.71. The predicted octanol–water partition coefficient (Wildman–Crippen LogP) is 3.70. The summed E-state index contributed by atoms with van der Waals surface area (Å²) in [7, 11) is -2.59. The van der Waals surface area contributed by atoms with Crippen LogP contribution in [0.3, 0.4) is 0 Å². The average molecular weight is 434 g/mol. The number of hydrogen-bond acceptors (Lipinski definition) is 5. The van der Waals surface area contributed by atoms with Crippen molar-refractivity contribution in [3.63, 3.8) is 0 Å². The summed E-state index contributed by atoms with van der Waals surface area (Å²) in [6, 6.07) is 9.84. The number of carboxylic acid groups (broad SMARTS) is 1. The second-order valence-corrected chi connectivity index (χ2v) is 8.23. The first-order valence-corrected chi connectivity index (χ1v) is 10.8. The summed E-state index contributed by atoms with van der Waals surface area (Å²) in [4.78, 5) is 10.5.